The molecule has 3 aromatic rings. The van der Waals surface area contributed by atoms with Gasteiger partial charge in [0.1, 0.15) is 11.6 Å². The van der Waals surface area contributed by atoms with E-state index in [0.29, 0.717) is 10.4 Å². The highest BCUT2D eigenvalue weighted by molar-refractivity contribution is 7.16. The summed E-state index contributed by atoms with van der Waals surface area (Å²) in [4.78, 5) is 22.9. The van der Waals surface area contributed by atoms with Gasteiger partial charge < -0.3 is 0 Å². The first-order valence-electron chi connectivity index (χ1n) is 6.93. The molecule has 1 amide bonds. The summed E-state index contributed by atoms with van der Waals surface area (Å²) in [5.41, 5.74) is 3.85. The molecule has 0 spiro atoms. The zero-order chi connectivity index (χ0) is 17.1. The molecule has 9 nitrogen and oxygen atoms in total. The number of para-hydroxylation sites is 1. The molecule has 10 heteroatoms. The summed E-state index contributed by atoms with van der Waals surface area (Å²) in [7, 11) is 0. The zero-order valence-electron chi connectivity index (χ0n) is 12.5. The van der Waals surface area contributed by atoms with Crippen LogP contribution in [0.1, 0.15) is 17.8 Å². The SMILES string of the molecule is C[C@@H](C(=O)N/N=C\c1ccc([N+](=O)[O-])s1)n1nnc2ccccc21. The third-order valence-electron chi connectivity index (χ3n) is 3.28. The number of thiophene rings is 1. The molecule has 122 valence electrons. The second-order valence-corrected chi connectivity index (χ2v) is 5.96. The Kier molecular flexibility index (Phi) is 4.29. The molecular weight excluding hydrogens is 332 g/mol. The summed E-state index contributed by atoms with van der Waals surface area (Å²) in [6.45, 7) is 1.68. The van der Waals surface area contributed by atoms with Gasteiger partial charge in [0.05, 0.1) is 21.5 Å². The molecule has 0 aliphatic rings. The van der Waals surface area contributed by atoms with Gasteiger partial charge in [-0.3, -0.25) is 14.9 Å². The number of nitrogens with zero attached hydrogens (tertiary/aromatic N) is 5. The van der Waals surface area contributed by atoms with Crippen molar-refractivity contribution in [1.29, 1.82) is 0 Å². The summed E-state index contributed by atoms with van der Waals surface area (Å²) >= 11 is 0.973. The largest absolute Gasteiger partial charge is 0.324 e. The summed E-state index contributed by atoms with van der Waals surface area (Å²) in [6.07, 6.45) is 1.36. The second-order valence-electron chi connectivity index (χ2n) is 4.87. The number of rotatable bonds is 5. The Labute approximate surface area is 139 Å². The van der Waals surface area contributed by atoms with E-state index in [1.807, 2.05) is 24.3 Å². The van der Waals surface area contributed by atoms with Gasteiger partial charge in [-0.25, -0.2) is 10.1 Å². The first-order valence-corrected chi connectivity index (χ1v) is 7.75. The van der Waals surface area contributed by atoms with Crippen LogP contribution in [0.2, 0.25) is 0 Å². The normalized spacial score (nSPS) is 12.5. The number of nitrogens with one attached hydrogen (secondary N) is 1. The van der Waals surface area contributed by atoms with E-state index >= 15 is 0 Å². The van der Waals surface area contributed by atoms with E-state index < -0.39 is 11.0 Å². The Balaban J connectivity index is 1.67. The van der Waals surface area contributed by atoms with Crippen molar-refractivity contribution >= 4 is 39.5 Å². The topological polar surface area (TPSA) is 115 Å². The van der Waals surface area contributed by atoms with E-state index in [2.05, 4.69) is 20.8 Å². The van der Waals surface area contributed by atoms with Gasteiger partial charge in [-0.15, -0.1) is 5.10 Å². The van der Waals surface area contributed by atoms with Crippen molar-refractivity contribution in [3.05, 3.63) is 51.4 Å². The number of hydrogen-bond donors (Lipinski definition) is 1. The minimum atomic E-state index is -0.604. The maximum Gasteiger partial charge on any atom is 0.324 e. The number of hydrogen-bond acceptors (Lipinski definition) is 7. The number of aromatic nitrogens is 3. The van der Waals surface area contributed by atoms with Crippen LogP contribution in [0.25, 0.3) is 11.0 Å². The predicted molar refractivity (Wildman–Crippen MR) is 88.9 cm³/mol. The van der Waals surface area contributed by atoms with E-state index in [1.165, 1.54) is 17.0 Å². The Bertz CT molecular complexity index is 931. The molecule has 0 radical (unpaired) electrons. The number of benzene rings is 1. The average molecular weight is 344 g/mol. The third-order valence-corrected chi connectivity index (χ3v) is 4.25. The molecule has 3 rings (SSSR count). The minimum absolute atomic E-state index is 0.0187. The van der Waals surface area contributed by atoms with Crippen molar-refractivity contribution in [3.8, 4) is 0 Å². The lowest BCUT2D eigenvalue weighted by molar-refractivity contribution is -0.380. The molecule has 0 aliphatic heterocycles. The Morgan fingerprint density at radius 1 is 1.42 bits per heavy atom. The summed E-state index contributed by atoms with van der Waals surface area (Å²) in [6, 6.07) is 9.67. The van der Waals surface area contributed by atoms with Crippen LogP contribution >= 0.6 is 11.3 Å². The van der Waals surface area contributed by atoms with Crippen molar-refractivity contribution in [1.82, 2.24) is 20.4 Å². The van der Waals surface area contributed by atoms with Gasteiger partial charge in [0.2, 0.25) is 0 Å². The van der Waals surface area contributed by atoms with Gasteiger partial charge in [0.25, 0.3) is 5.91 Å². The van der Waals surface area contributed by atoms with E-state index in [4.69, 9.17) is 0 Å². The van der Waals surface area contributed by atoms with Crippen molar-refractivity contribution in [3.63, 3.8) is 0 Å². The summed E-state index contributed by atoms with van der Waals surface area (Å²) in [5, 5.41) is 22.4. The van der Waals surface area contributed by atoms with Gasteiger partial charge in [0, 0.05) is 6.07 Å². The van der Waals surface area contributed by atoms with Crippen LogP contribution in [0.15, 0.2) is 41.5 Å². The molecular formula is C14H12N6O3S. The quantitative estimate of drug-likeness (QED) is 0.432. The molecule has 0 saturated heterocycles. The van der Waals surface area contributed by atoms with E-state index in [-0.39, 0.29) is 10.9 Å². The summed E-state index contributed by atoms with van der Waals surface area (Å²) in [5.74, 6) is -0.368. The predicted octanol–water partition coefficient (Wildman–Crippen LogP) is 2.11. The summed E-state index contributed by atoms with van der Waals surface area (Å²) < 4.78 is 1.51. The molecule has 0 unspecified atom stereocenters. The fourth-order valence-corrected chi connectivity index (χ4v) is 2.74. The lowest BCUT2D eigenvalue weighted by Crippen LogP contribution is -2.28. The van der Waals surface area contributed by atoms with Crippen LogP contribution in [0.3, 0.4) is 0 Å². The molecule has 1 aromatic carbocycles. The monoisotopic (exact) mass is 344 g/mol. The number of carbonyl (C=O) groups is 1. The average Bonchev–Trinajstić information content (AvgIpc) is 3.21. The van der Waals surface area contributed by atoms with Crippen molar-refractivity contribution < 1.29 is 9.72 Å². The van der Waals surface area contributed by atoms with E-state index in [1.54, 1.807) is 13.0 Å². The second kappa shape index (κ2) is 6.54. The Hall–Kier alpha value is -3.14. The maximum atomic E-state index is 12.2. The van der Waals surface area contributed by atoms with Crippen molar-refractivity contribution in [2.45, 2.75) is 13.0 Å². The molecule has 1 atom stereocenters. The van der Waals surface area contributed by atoms with Gasteiger partial charge >= 0.3 is 5.00 Å². The van der Waals surface area contributed by atoms with Crippen LogP contribution in [0, 0.1) is 10.1 Å². The highest BCUT2D eigenvalue weighted by Gasteiger charge is 2.18. The first-order chi connectivity index (χ1) is 11.6. The molecule has 2 heterocycles. The molecule has 0 fully saturated rings. The van der Waals surface area contributed by atoms with Crippen LogP contribution in [0.5, 0.6) is 0 Å². The molecule has 0 bridgehead atoms. The number of carbonyl (C=O) groups excluding carboxylic acids is 1. The fraction of sp³-hybridized carbons (Fsp3) is 0.143. The smallest absolute Gasteiger partial charge is 0.271 e. The van der Waals surface area contributed by atoms with Gasteiger partial charge in [-0.05, 0) is 25.1 Å². The highest BCUT2D eigenvalue weighted by Crippen LogP contribution is 2.22. The zero-order valence-corrected chi connectivity index (χ0v) is 13.3. The third kappa shape index (κ3) is 3.13. The number of nitro groups is 1. The Morgan fingerprint density at radius 2 is 2.21 bits per heavy atom. The fourth-order valence-electron chi connectivity index (χ4n) is 2.05. The molecule has 2 aromatic heterocycles. The van der Waals surface area contributed by atoms with E-state index in [9.17, 15) is 14.9 Å². The molecule has 24 heavy (non-hydrogen) atoms. The van der Waals surface area contributed by atoms with Crippen LogP contribution < -0.4 is 5.43 Å². The number of amides is 1. The standard InChI is InChI=1S/C14H12N6O3S/c1-9(19-12-5-3-2-4-11(12)16-18-19)14(21)17-15-8-10-6-7-13(24-10)20(22)23/h2-9H,1H3,(H,17,21)/b15-8-/t9-/m0/s1. The lowest BCUT2D eigenvalue weighted by Gasteiger charge is -2.10. The number of fused-ring (bicyclic) bond motifs is 1. The Morgan fingerprint density at radius 3 is 2.96 bits per heavy atom. The molecule has 1 N–H and O–H groups in total. The van der Waals surface area contributed by atoms with Crippen LogP contribution in [-0.2, 0) is 4.79 Å². The van der Waals surface area contributed by atoms with Crippen molar-refractivity contribution in [2.24, 2.45) is 5.10 Å². The van der Waals surface area contributed by atoms with Gasteiger partial charge in [-0.1, -0.05) is 28.7 Å². The maximum absolute atomic E-state index is 12.2. The van der Waals surface area contributed by atoms with Crippen LogP contribution in [-0.4, -0.2) is 32.0 Å². The van der Waals surface area contributed by atoms with Gasteiger partial charge in [0.15, 0.2) is 0 Å². The first kappa shape index (κ1) is 15.7. The highest BCUT2D eigenvalue weighted by atomic mass is 32.1. The van der Waals surface area contributed by atoms with Crippen LogP contribution in [0.4, 0.5) is 5.00 Å². The minimum Gasteiger partial charge on any atom is -0.271 e. The van der Waals surface area contributed by atoms with Crippen molar-refractivity contribution in [2.75, 3.05) is 0 Å². The van der Waals surface area contributed by atoms with Gasteiger partial charge in [-0.2, -0.15) is 5.10 Å². The number of hydrazone groups is 1. The lowest BCUT2D eigenvalue weighted by atomic mass is 10.3. The molecule has 0 saturated carbocycles. The van der Waals surface area contributed by atoms with E-state index in [0.717, 1.165) is 16.9 Å². The molecule has 0 aliphatic carbocycles.